The standard InChI is InChI=1S/C19H20O5/c1-21-16-12-15(13-17(22-2)18(16)23-3)19(20)24-11-7-10-14-8-5-4-6-9-14/h4-10,12-13H,11H2,1-3H3/b10-7+. The number of esters is 1. The molecule has 0 amide bonds. The van der Waals surface area contributed by atoms with E-state index in [2.05, 4.69) is 0 Å². The normalized spacial score (nSPS) is 10.5. The van der Waals surface area contributed by atoms with Crippen molar-refractivity contribution in [2.45, 2.75) is 0 Å². The summed E-state index contributed by atoms with van der Waals surface area (Å²) in [4.78, 5) is 12.2. The molecule has 0 heterocycles. The van der Waals surface area contributed by atoms with Gasteiger partial charge >= 0.3 is 5.97 Å². The summed E-state index contributed by atoms with van der Waals surface area (Å²) in [5.74, 6) is 0.778. The van der Waals surface area contributed by atoms with Gasteiger partial charge in [0.1, 0.15) is 6.61 Å². The number of carbonyl (C=O) groups excluding carboxylic acids is 1. The second-order valence-corrected chi connectivity index (χ2v) is 4.83. The molecule has 0 unspecified atom stereocenters. The van der Waals surface area contributed by atoms with E-state index in [1.165, 1.54) is 21.3 Å². The van der Waals surface area contributed by atoms with Crippen LogP contribution in [0.1, 0.15) is 15.9 Å². The second kappa shape index (κ2) is 8.62. The predicted octanol–water partition coefficient (Wildman–Crippen LogP) is 3.58. The molecule has 24 heavy (non-hydrogen) atoms. The van der Waals surface area contributed by atoms with Gasteiger partial charge in [0.05, 0.1) is 26.9 Å². The molecule has 0 saturated heterocycles. The van der Waals surface area contributed by atoms with E-state index in [-0.39, 0.29) is 6.61 Å². The van der Waals surface area contributed by atoms with Crippen molar-refractivity contribution in [3.8, 4) is 17.2 Å². The molecule has 0 aliphatic heterocycles. The zero-order valence-electron chi connectivity index (χ0n) is 13.9. The lowest BCUT2D eigenvalue weighted by atomic mass is 10.2. The Hall–Kier alpha value is -2.95. The fourth-order valence-corrected chi connectivity index (χ4v) is 2.15. The maximum atomic E-state index is 12.2. The lowest BCUT2D eigenvalue weighted by Gasteiger charge is -2.13. The molecule has 5 nitrogen and oxygen atoms in total. The van der Waals surface area contributed by atoms with Crippen LogP contribution in [0.5, 0.6) is 17.2 Å². The quantitative estimate of drug-likeness (QED) is 0.727. The van der Waals surface area contributed by atoms with Gasteiger partial charge in [0.25, 0.3) is 0 Å². The first-order valence-corrected chi connectivity index (χ1v) is 7.38. The summed E-state index contributed by atoms with van der Waals surface area (Å²) in [5.41, 5.74) is 1.37. The largest absolute Gasteiger partial charge is 0.493 e. The number of hydrogen-bond acceptors (Lipinski definition) is 5. The van der Waals surface area contributed by atoms with Crippen molar-refractivity contribution in [3.63, 3.8) is 0 Å². The highest BCUT2D eigenvalue weighted by atomic mass is 16.5. The van der Waals surface area contributed by atoms with Crippen LogP contribution in [0.2, 0.25) is 0 Å². The minimum Gasteiger partial charge on any atom is -0.493 e. The number of benzene rings is 2. The van der Waals surface area contributed by atoms with Crippen molar-refractivity contribution in [1.29, 1.82) is 0 Å². The van der Waals surface area contributed by atoms with Gasteiger partial charge in [-0.25, -0.2) is 4.79 Å². The SMILES string of the molecule is COc1cc(C(=O)OC/C=C/c2ccccc2)cc(OC)c1OC. The lowest BCUT2D eigenvalue weighted by molar-refractivity contribution is 0.0549. The topological polar surface area (TPSA) is 54.0 Å². The summed E-state index contributed by atoms with van der Waals surface area (Å²) in [6, 6.07) is 12.9. The third-order valence-electron chi connectivity index (χ3n) is 3.32. The fourth-order valence-electron chi connectivity index (χ4n) is 2.15. The van der Waals surface area contributed by atoms with Crippen LogP contribution < -0.4 is 14.2 Å². The van der Waals surface area contributed by atoms with Crippen LogP contribution in [0, 0.1) is 0 Å². The van der Waals surface area contributed by atoms with E-state index in [1.54, 1.807) is 18.2 Å². The van der Waals surface area contributed by atoms with Crippen molar-refractivity contribution < 1.29 is 23.7 Å². The zero-order chi connectivity index (χ0) is 17.4. The van der Waals surface area contributed by atoms with Gasteiger partial charge in [-0.15, -0.1) is 0 Å². The first kappa shape index (κ1) is 17.4. The van der Waals surface area contributed by atoms with Crippen molar-refractivity contribution in [1.82, 2.24) is 0 Å². The minimum absolute atomic E-state index is 0.171. The number of hydrogen-bond donors (Lipinski definition) is 0. The molecule has 0 saturated carbocycles. The Bertz CT molecular complexity index is 682. The van der Waals surface area contributed by atoms with Gasteiger partial charge in [-0.1, -0.05) is 36.4 Å². The molecule has 0 aromatic heterocycles. The van der Waals surface area contributed by atoms with Crippen molar-refractivity contribution in [2.75, 3.05) is 27.9 Å². The summed E-state index contributed by atoms with van der Waals surface area (Å²) >= 11 is 0. The van der Waals surface area contributed by atoms with Crippen LogP contribution in [0.15, 0.2) is 48.5 Å². The molecule has 2 aromatic rings. The minimum atomic E-state index is -0.466. The highest BCUT2D eigenvalue weighted by Gasteiger charge is 2.17. The third kappa shape index (κ3) is 4.29. The highest BCUT2D eigenvalue weighted by molar-refractivity contribution is 5.91. The van der Waals surface area contributed by atoms with Gasteiger partial charge in [0.2, 0.25) is 5.75 Å². The Labute approximate surface area is 141 Å². The maximum absolute atomic E-state index is 12.2. The molecule has 5 heteroatoms. The van der Waals surface area contributed by atoms with Crippen LogP contribution in [-0.2, 0) is 4.74 Å². The Morgan fingerprint density at radius 3 is 2.12 bits per heavy atom. The number of ether oxygens (including phenoxy) is 4. The zero-order valence-corrected chi connectivity index (χ0v) is 13.9. The van der Waals surface area contributed by atoms with E-state index < -0.39 is 5.97 Å². The monoisotopic (exact) mass is 328 g/mol. The van der Waals surface area contributed by atoms with Gasteiger partial charge in [-0.2, -0.15) is 0 Å². The molecule has 126 valence electrons. The Balaban J connectivity index is 2.05. The van der Waals surface area contributed by atoms with E-state index in [4.69, 9.17) is 18.9 Å². The first-order chi connectivity index (χ1) is 11.7. The Morgan fingerprint density at radius 1 is 0.958 bits per heavy atom. The summed E-state index contributed by atoms with van der Waals surface area (Å²) in [6.07, 6.45) is 3.67. The molecule has 0 atom stereocenters. The smallest absolute Gasteiger partial charge is 0.338 e. The molecule has 2 rings (SSSR count). The van der Waals surface area contributed by atoms with Gasteiger partial charge in [0.15, 0.2) is 11.5 Å². The summed E-state index contributed by atoms with van der Waals surface area (Å²) in [6.45, 7) is 0.171. The van der Waals surface area contributed by atoms with Crippen LogP contribution >= 0.6 is 0 Å². The number of methoxy groups -OCH3 is 3. The van der Waals surface area contributed by atoms with Crippen molar-refractivity contribution in [2.24, 2.45) is 0 Å². The third-order valence-corrected chi connectivity index (χ3v) is 3.32. The number of carbonyl (C=O) groups is 1. The van der Waals surface area contributed by atoms with Gasteiger partial charge in [-0.05, 0) is 23.8 Å². The summed E-state index contributed by atoms with van der Waals surface area (Å²) in [7, 11) is 4.50. The predicted molar refractivity (Wildman–Crippen MR) is 91.9 cm³/mol. The van der Waals surface area contributed by atoms with Gasteiger partial charge in [0, 0.05) is 0 Å². The molecule has 2 aromatic carbocycles. The highest BCUT2D eigenvalue weighted by Crippen LogP contribution is 2.38. The molecular formula is C19H20O5. The molecule has 0 bridgehead atoms. The average Bonchev–Trinajstić information content (AvgIpc) is 2.64. The van der Waals surface area contributed by atoms with Crippen LogP contribution in [0.25, 0.3) is 6.08 Å². The van der Waals surface area contributed by atoms with E-state index in [0.29, 0.717) is 22.8 Å². The van der Waals surface area contributed by atoms with Crippen LogP contribution in [-0.4, -0.2) is 33.9 Å². The number of rotatable bonds is 7. The molecule has 0 fully saturated rings. The van der Waals surface area contributed by atoms with E-state index in [9.17, 15) is 4.79 Å². The van der Waals surface area contributed by atoms with Crippen molar-refractivity contribution >= 4 is 12.0 Å². The van der Waals surface area contributed by atoms with Crippen molar-refractivity contribution in [3.05, 3.63) is 59.7 Å². The second-order valence-electron chi connectivity index (χ2n) is 4.83. The van der Waals surface area contributed by atoms with Gasteiger partial charge < -0.3 is 18.9 Å². The van der Waals surface area contributed by atoms with E-state index >= 15 is 0 Å². The Morgan fingerprint density at radius 2 is 1.58 bits per heavy atom. The van der Waals surface area contributed by atoms with E-state index in [0.717, 1.165) is 5.56 Å². The fraction of sp³-hybridized carbons (Fsp3) is 0.211. The molecule has 0 radical (unpaired) electrons. The summed E-state index contributed by atoms with van der Waals surface area (Å²) < 4.78 is 20.9. The van der Waals surface area contributed by atoms with Crippen LogP contribution in [0.4, 0.5) is 0 Å². The molecule has 0 N–H and O–H groups in total. The maximum Gasteiger partial charge on any atom is 0.338 e. The lowest BCUT2D eigenvalue weighted by Crippen LogP contribution is -2.06. The summed E-state index contributed by atoms with van der Waals surface area (Å²) in [5, 5.41) is 0. The molecule has 0 aliphatic rings. The average molecular weight is 328 g/mol. The molecular weight excluding hydrogens is 308 g/mol. The first-order valence-electron chi connectivity index (χ1n) is 7.38. The molecule has 0 spiro atoms. The molecule has 0 aliphatic carbocycles. The van der Waals surface area contributed by atoms with Gasteiger partial charge in [-0.3, -0.25) is 0 Å². The van der Waals surface area contributed by atoms with Crippen LogP contribution in [0.3, 0.4) is 0 Å². The Kier molecular flexibility index (Phi) is 6.25. The van der Waals surface area contributed by atoms with E-state index in [1.807, 2.05) is 36.4 Å².